The summed E-state index contributed by atoms with van der Waals surface area (Å²) >= 11 is 0.882. The molecule has 0 N–H and O–H groups in total. The van der Waals surface area contributed by atoms with Crippen LogP contribution in [0.2, 0.25) is 0 Å². The molecule has 1 aromatic heterocycles. The van der Waals surface area contributed by atoms with Crippen molar-refractivity contribution in [1.29, 1.82) is 0 Å². The molecule has 0 saturated heterocycles. The van der Waals surface area contributed by atoms with E-state index in [4.69, 9.17) is 0 Å². The van der Waals surface area contributed by atoms with E-state index in [-0.39, 0.29) is 0 Å². The fourth-order valence-corrected chi connectivity index (χ4v) is 0.778. The Labute approximate surface area is 56.6 Å². The van der Waals surface area contributed by atoms with Crippen molar-refractivity contribution >= 4 is 11.9 Å². The first-order chi connectivity index (χ1) is 4.43. The molecule has 9 heavy (non-hydrogen) atoms. The maximum Gasteiger partial charge on any atom is 0.0586 e. The van der Waals surface area contributed by atoms with Crippen LogP contribution in [-0.2, 0) is 0 Å². The van der Waals surface area contributed by atoms with E-state index in [1.165, 1.54) is 0 Å². The number of aromatic nitrogens is 1. The first-order valence-electron chi connectivity index (χ1n) is 2.33. The van der Waals surface area contributed by atoms with Gasteiger partial charge in [0.1, 0.15) is 0 Å². The van der Waals surface area contributed by atoms with Crippen LogP contribution in [0.3, 0.4) is 0 Å². The Kier molecular flexibility index (Phi) is 2.21. The van der Waals surface area contributed by atoms with E-state index in [1.807, 2.05) is 0 Å². The smallest absolute Gasteiger partial charge is 0.0586 e. The fourth-order valence-electron chi connectivity index (χ4n) is 0.444. The van der Waals surface area contributed by atoms with Gasteiger partial charge in [0.2, 0.25) is 0 Å². The van der Waals surface area contributed by atoms with E-state index >= 15 is 0 Å². The summed E-state index contributed by atoms with van der Waals surface area (Å²) in [4.78, 5) is 14.2. The highest BCUT2D eigenvalue weighted by atomic mass is 32.2. The van der Waals surface area contributed by atoms with Gasteiger partial charge < -0.3 is 0 Å². The molecule has 1 heterocycles. The molecule has 0 bridgehead atoms. The molecule has 0 unspecified atom stereocenters. The third kappa shape index (κ3) is 1.81. The zero-order chi connectivity index (χ0) is 6.53. The minimum Gasteiger partial charge on any atom is -0.263 e. The lowest BCUT2D eigenvalue weighted by Crippen LogP contribution is -1.68. The minimum atomic E-state index is 0.771. The van der Waals surface area contributed by atoms with E-state index in [0.717, 1.165) is 16.8 Å². The van der Waals surface area contributed by atoms with E-state index in [0.29, 0.717) is 0 Å². The van der Waals surface area contributed by atoms with Crippen molar-refractivity contribution in [3.05, 3.63) is 29.4 Å². The van der Waals surface area contributed by atoms with Crippen molar-refractivity contribution in [2.75, 3.05) is 0 Å². The zero-order valence-corrected chi connectivity index (χ0v) is 5.34. The normalized spacial score (nSPS) is 8.89. The molecule has 0 radical (unpaired) electrons. The molecule has 0 aromatic carbocycles. The number of hydrogen-bond acceptors (Lipinski definition) is 4. The Morgan fingerprint density at radius 2 is 2.56 bits per heavy atom. The highest BCUT2D eigenvalue weighted by molar-refractivity contribution is 7.98. The molecule has 0 atom stereocenters. The van der Waals surface area contributed by atoms with Crippen LogP contribution in [0.1, 0.15) is 0 Å². The third-order valence-electron chi connectivity index (χ3n) is 0.777. The number of nitroso groups, excluding NO2 is 1. The van der Waals surface area contributed by atoms with Crippen LogP contribution in [-0.4, -0.2) is 4.98 Å². The second-order valence-corrected chi connectivity index (χ2v) is 2.16. The van der Waals surface area contributed by atoms with Gasteiger partial charge in [0.25, 0.3) is 0 Å². The second kappa shape index (κ2) is 3.19. The third-order valence-corrected chi connectivity index (χ3v) is 1.30. The fraction of sp³-hybridized carbons (Fsp3) is 0. The van der Waals surface area contributed by atoms with Crippen molar-refractivity contribution in [1.82, 2.24) is 4.98 Å². The van der Waals surface area contributed by atoms with Gasteiger partial charge in [-0.15, -0.1) is 4.91 Å². The molecule has 0 spiro atoms. The minimum absolute atomic E-state index is 0.771. The monoisotopic (exact) mass is 140 g/mol. The van der Waals surface area contributed by atoms with Crippen molar-refractivity contribution in [2.24, 2.45) is 4.58 Å². The number of nitrogens with zero attached hydrogens (tertiary/aromatic N) is 2. The average Bonchev–Trinajstić information content (AvgIpc) is 1.91. The lowest BCUT2D eigenvalue weighted by Gasteiger charge is -1.86. The van der Waals surface area contributed by atoms with Gasteiger partial charge >= 0.3 is 0 Å². The van der Waals surface area contributed by atoms with E-state index < -0.39 is 0 Å². The van der Waals surface area contributed by atoms with Crippen molar-refractivity contribution in [3.63, 3.8) is 0 Å². The van der Waals surface area contributed by atoms with E-state index in [1.54, 1.807) is 24.5 Å². The van der Waals surface area contributed by atoms with Crippen molar-refractivity contribution < 1.29 is 0 Å². The predicted molar refractivity (Wildman–Crippen MR) is 35.9 cm³/mol. The summed E-state index contributed by atoms with van der Waals surface area (Å²) in [6, 6.07) is 3.53. The van der Waals surface area contributed by atoms with Gasteiger partial charge in [0.05, 0.1) is 16.8 Å². The van der Waals surface area contributed by atoms with Gasteiger partial charge in [-0.2, -0.15) is 0 Å². The largest absolute Gasteiger partial charge is 0.263 e. The molecule has 3 nitrogen and oxygen atoms in total. The Morgan fingerprint density at radius 3 is 3.11 bits per heavy atom. The van der Waals surface area contributed by atoms with Gasteiger partial charge in [-0.3, -0.25) is 4.98 Å². The maximum atomic E-state index is 9.66. The Balaban J connectivity index is 2.72. The van der Waals surface area contributed by atoms with Gasteiger partial charge in [-0.25, -0.2) is 0 Å². The van der Waals surface area contributed by atoms with Crippen LogP contribution in [0.5, 0.6) is 0 Å². The van der Waals surface area contributed by atoms with Crippen LogP contribution >= 0.6 is 11.9 Å². The summed E-state index contributed by atoms with van der Waals surface area (Å²) in [5, 5.41) is 0. The van der Waals surface area contributed by atoms with Crippen LogP contribution < -0.4 is 0 Å². The molecule has 46 valence electrons. The quantitative estimate of drug-likeness (QED) is 0.465. The molecule has 0 aliphatic heterocycles. The van der Waals surface area contributed by atoms with Gasteiger partial charge in [-0.05, 0) is 12.1 Å². The summed E-state index contributed by atoms with van der Waals surface area (Å²) in [5.74, 6) is 0. The van der Waals surface area contributed by atoms with Gasteiger partial charge in [0.15, 0.2) is 0 Å². The molecule has 0 amide bonds. The first kappa shape index (κ1) is 6.22. The molecule has 4 heteroatoms. The average molecular weight is 140 g/mol. The molecule has 1 aromatic rings. The molecular weight excluding hydrogens is 136 g/mol. The standard InChI is InChI=1S/C5H4N2OS/c8-7-9-5-2-1-3-6-4-5/h1-4H. The van der Waals surface area contributed by atoms with Gasteiger partial charge in [-0.1, -0.05) is 0 Å². The second-order valence-electron chi connectivity index (χ2n) is 1.35. The lowest BCUT2D eigenvalue weighted by molar-refractivity contribution is 1.24. The Hall–Kier alpha value is -0.900. The molecule has 0 fully saturated rings. The van der Waals surface area contributed by atoms with Crippen LogP contribution in [0.25, 0.3) is 0 Å². The summed E-state index contributed by atoms with van der Waals surface area (Å²) in [7, 11) is 0. The summed E-state index contributed by atoms with van der Waals surface area (Å²) < 4.78 is 2.63. The van der Waals surface area contributed by atoms with Crippen molar-refractivity contribution in [3.8, 4) is 0 Å². The summed E-state index contributed by atoms with van der Waals surface area (Å²) in [6.07, 6.45) is 3.24. The Morgan fingerprint density at radius 1 is 1.67 bits per heavy atom. The van der Waals surface area contributed by atoms with Crippen LogP contribution in [0, 0.1) is 4.91 Å². The summed E-state index contributed by atoms with van der Waals surface area (Å²) in [5.41, 5.74) is 0. The molecule has 0 aliphatic carbocycles. The number of pyridine rings is 1. The SMILES string of the molecule is O=NSc1cccnc1. The van der Waals surface area contributed by atoms with E-state index in [2.05, 4.69) is 9.57 Å². The van der Waals surface area contributed by atoms with Gasteiger partial charge in [0, 0.05) is 17.0 Å². The molecule has 0 saturated carbocycles. The Bertz CT molecular complexity index is 189. The van der Waals surface area contributed by atoms with E-state index in [9.17, 15) is 4.91 Å². The predicted octanol–water partition coefficient (Wildman–Crippen LogP) is 1.86. The highest BCUT2D eigenvalue weighted by Crippen LogP contribution is 2.15. The summed E-state index contributed by atoms with van der Waals surface area (Å²) in [6.45, 7) is 0. The van der Waals surface area contributed by atoms with Crippen LogP contribution in [0.15, 0.2) is 34.0 Å². The van der Waals surface area contributed by atoms with Crippen molar-refractivity contribution in [2.45, 2.75) is 4.90 Å². The first-order valence-corrected chi connectivity index (χ1v) is 3.10. The zero-order valence-electron chi connectivity index (χ0n) is 4.52. The topological polar surface area (TPSA) is 42.3 Å². The highest BCUT2D eigenvalue weighted by Gasteiger charge is 1.88. The maximum absolute atomic E-state index is 9.66. The molecule has 1 rings (SSSR count). The lowest BCUT2D eigenvalue weighted by atomic mass is 10.5. The van der Waals surface area contributed by atoms with Crippen LogP contribution in [0.4, 0.5) is 0 Å². The molecule has 0 aliphatic rings. The molecular formula is C5H4N2OS. The number of hydrogen-bond donors (Lipinski definition) is 0. The number of rotatable bonds is 2.